The predicted octanol–water partition coefficient (Wildman–Crippen LogP) is -0.380. The summed E-state index contributed by atoms with van der Waals surface area (Å²) in [4.78, 5) is 12.1. The number of benzene rings is 1. The second-order valence-electron chi connectivity index (χ2n) is 8.22. The number of rotatable bonds is 9. The zero-order valence-electron chi connectivity index (χ0n) is 18.6. The fourth-order valence-corrected chi connectivity index (χ4v) is 4.61. The van der Waals surface area contributed by atoms with Crippen LogP contribution in [0.4, 0.5) is 8.78 Å². The first kappa shape index (κ1) is 27.3. The standard InChI is InChI=1S/C20H30F2N2O8S/c1-10(2)19(28)23-14-15(24-33(29,30)12-7-5-11(31-4)6-8-12)18(21)20(3,22)32-17(14)16(27)13(26)9-25/h5-8,10,13-18,24-27H,9H2,1-4H3,(H,23,28)/t13-,14-,15-,16-,17-,18?,20?/m1/s1. The number of nitrogens with one attached hydrogen (secondary N) is 2. The maximum absolute atomic E-state index is 15.2. The first-order valence-corrected chi connectivity index (χ1v) is 11.7. The van der Waals surface area contributed by atoms with Crippen molar-refractivity contribution in [3.63, 3.8) is 0 Å². The van der Waals surface area contributed by atoms with Crippen LogP contribution in [-0.4, -0.2) is 85.8 Å². The maximum atomic E-state index is 15.2. The minimum atomic E-state index is -4.44. The number of aliphatic hydroxyl groups is 3. The Morgan fingerprint density at radius 3 is 2.30 bits per heavy atom. The second kappa shape index (κ2) is 10.6. The van der Waals surface area contributed by atoms with Gasteiger partial charge in [-0.25, -0.2) is 21.9 Å². The Labute approximate surface area is 190 Å². The van der Waals surface area contributed by atoms with Gasteiger partial charge in [-0.1, -0.05) is 13.8 Å². The number of amides is 1. The summed E-state index contributed by atoms with van der Waals surface area (Å²) >= 11 is 0. The molecule has 2 rings (SSSR count). The smallest absolute Gasteiger partial charge is 0.240 e. The monoisotopic (exact) mass is 496 g/mol. The highest BCUT2D eigenvalue weighted by atomic mass is 32.2. The highest BCUT2D eigenvalue weighted by Crippen LogP contribution is 2.36. The molecule has 10 nitrogen and oxygen atoms in total. The van der Waals surface area contributed by atoms with E-state index in [1.54, 1.807) is 0 Å². The van der Waals surface area contributed by atoms with Gasteiger partial charge in [0.1, 0.15) is 24.1 Å². The van der Waals surface area contributed by atoms with Crippen LogP contribution in [-0.2, 0) is 19.6 Å². The molecule has 1 fully saturated rings. The minimum absolute atomic E-state index is 0.288. The topological polar surface area (TPSA) is 154 Å². The largest absolute Gasteiger partial charge is 0.497 e. The molecule has 0 bridgehead atoms. The molecule has 1 aromatic carbocycles. The molecule has 1 saturated heterocycles. The molecule has 0 spiro atoms. The lowest BCUT2D eigenvalue weighted by Gasteiger charge is -2.48. The summed E-state index contributed by atoms with van der Waals surface area (Å²) in [7, 11) is -3.06. The number of alkyl halides is 2. The molecule has 33 heavy (non-hydrogen) atoms. The molecule has 1 aromatic rings. The van der Waals surface area contributed by atoms with Crippen LogP contribution in [0.3, 0.4) is 0 Å². The lowest BCUT2D eigenvalue weighted by Crippen LogP contribution is -2.72. The normalized spacial score (nSPS) is 30.0. The summed E-state index contributed by atoms with van der Waals surface area (Å²) in [5.41, 5.74) is 0. The van der Waals surface area contributed by atoms with Gasteiger partial charge in [0.2, 0.25) is 21.8 Å². The average Bonchev–Trinajstić information content (AvgIpc) is 2.77. The van der Waals surface area contributed by atoms with Crippen LogP contribution in [0, 0.1) is 5.92 Å². The highest BCUT2D eigenvalue weighted by Gasteiger charge is 2.57. The summed E-state index contributed by atoms with van der Waals surface area (Å²) in [6.45, 7) is 2.76. The van der Waals surface area contributed by atoms with Gasteiger partial charge < -0.3 is 30.1 Å². The van der Waals surface area contributed by atoms with E-state index in [2.05, 4.69) is 10.0 Å². The SMILES string of the molecule is COc1ccc(S(=O)(=O)N[C@H]2C(F)C(C)(F)O[C@@H]([C@H](O)[C@H](O)CO)[C@@H]2NC(=O)C(C)C)cc1. The van der Waals surface area contributed by atoms with Gasteiger partial charge in [0.25, 0.3) is 0 Å². The zero-order chi connectivity index (χ0) is 25.1. The number of hydrogen-bond donors (Lipinski definition) is 5. The first-order chi connectivity index (χ1) is 15.2. The van der Waals surface area contributed by atoms with E-state index in [0.29, 0.717) is 12.7 Å². The van der Waals surface area contributed by atoms with Crippen LogP contribution in [0.1, 0.15) is 20.8 Å². The predicted molar refractivity (Wildman–Crippen MR) is 112 cm³/mol. The Balaban J connectivity index is 2.50. The molecule has 13 heteroatoms. The van der Waals surface area contributed by atoms with Crippen LogP contribution >= 0.6 is 0 Å². The van der Waals surface area contributed by atoms with Crippen LogP contribution in [0.25, 0.3) is 0 Å². The van der Waals surface area contributed by atoms with Gasteiger partial charge >= 0.3 is 0 Å². The van der Waals surface area contributed by atoms with Gasteiger partial charge in [-0.2, -0.15) is 0 Å². The van der Waals surface area contributed by atoms with E-state index in [1.165, 1.54) is 45.2 Å². The maximum Gasteiger partial charge on any atom is 0.240 e. The minimum Gasteiger partial charge on any atom is -0.497 e. The lowest BCUT2D eigenvalue weighted by molar-refractivity contribution is -0.272. The molecule has 0 saturated carbocycles. The fraction of sp³-hybridized carbons (Fsp3) is 0.650. The lowest BCUT2D eigenvalue weighted by atomic mass is 9.87. The Morgan fingerprint density at radius 1 is 1.24 bits per heavy atom. The quantitative estimate of drug-likeness (QED) is 0.310. The highest BCUT2D eigenvalue weighted by molar-refractivity contribution is 7.89. The molecule has 2 unspecified atom stereocenters. The summed E-state index contributed by atoms with van der Waals surface area (Å²) in [6, 6.07) is 1.51. The summed E-state index contributed by atoms with van der Waals surface area (Å²) in [6.07, 6.45) is -8.24. The number of sulfonamides is 1. The zero-order valence-corrected chi connectivity index (χ0v) is 19.4. The van der Waals surface area contributed by atoms with Crippen LogP contribution in [0.15, 0.2) is 29.2 Å². The van der Waals surface area contributed by atoms with Gasteiger partial charge in [-0.05, 0) is 31.2 Å². The molecule has 5 N–H and O–H groups in total. The van der Waals surface area contributed by atoms with E-state index < -0.39 is 70.9 Å². The van der Waals surface area contributed by atoms with Crippen molar-refractivity contribution in [2.45, 2.75) is 68.1 Å². The van der Waals surface area contributed by atoms with E-state index in [9.17, 15) is 28.5 Å². The van der Waals surface area contributed by atoms with E-state index in [4.69, 9.17) is 9.47 Å². The molecule has 7 atom stereocenters. The third-order valence-corrected chi connectivity index (χ3v) is 6.80. The van der Waals surface area contributed by atoms with Crippen LogP contribution in [0.5, 0.6) is 5.75 Å². The fourth-order valence-electron chi connectivity index (χ4n) is 3.36. The molecule has 1 aliphatic heterocycles. The number of methoxy groups -OCH3 is 1. The van der Waals surface area contributed by atoms with Crippen molar-refractivity contribution in [1.29, 1.82) is 0 Å². The number of aliphatic hydroxyl groups excluding tert-OH is 3. The van der Waals surface area contributed by atoms with Gasteiger partial charge in [0, 0.05) is 5.92 Å². The molecule has 1 amide bonds. The van der Waals surface area contributed by atoms with E-state index in [1.807, 2.05) is 0 Å². The molecule has 188 valence electrons. The molecule has 0 aliphatic carbocycles. The molecule has 0 aromatic heterocycles. The van der Waals surface area contributed by atoms with Gasteiger partial charge in [-0.15, -0.1) is 0 Å². The van der Waals surface area contributed by atoms with Crippen LogP contribution < -0.4 is 14.8 Å². The third kappa shape index (κ3) is 6.16. The summed E-state index contributed by atoms with van der Waals surface area (Å²) in [5.74, 6) is -4.04. The van der Waals surface area contributed by atoms with Crippen molar-refractivity contribution in [2.24, 2.45) is 5.92 Å². The number of hydrogen-bond acceptors (Lipinski definition) is 8. The second-order valence-corrected chi connectivity index (χ2v) is 9.94. The Morgan fingerprint density at radius 2 is 1.82 bits per heavy atom. The number of halogens is 2. The van der Waals surface area contributed by atoms with Gasteiger partial charge in [0.05, 0.1) is 30.7 Å². The molecule has 1 aliphatic rings. The number of ether oxygens (including phenoxy) is 2. The number of carbonyl (C=O) groups is 1. The number of carbonyl (C=O) groups excluding carboxylic acids is 1. The van der Waals surface area contributed by atoms with Gasteiger partial charge in [0.15, 0.2) is 6.17 Å². The van der Waals surface area contributed by atoms with E-state index in [-0.39, 0.29) is 4.90 Å². The van der Waals surface area contributed by atoms with Crippen molar-refractivity contribution in [1.82, 2.24) is 10.0 Å². The van der Waals surface area contributed by atoms with E-state index in [0.717, 1.165) is 0 Å². The van der Waals surface area contributed by atoms with Crippen molar-refractivity contribution in [3.05, 3.63) is 24.3 Å². The molecule has 1 heterocycles. The average molecular weight is 497 g/mol. The molecular weight excluding hydrogens is 466 g/mol. The summed E-state index contributed by atoms with van der Waals surface area (Å²) < 4.78 is 68.2. The van der Waals surface area contributed by atoms with Crippen molar-refractivity contribution >= 4 is 15.9 Å². The molecule has 0 radical (unpaired) electrons. The Bertz CT molecular complexity index is 913. The first-order valence-electron chi connectivity index (χ1n) is 10.2. The van der Waals surface area contributed by atoms with Crippen molar-refractivity contribution < 1.29 is 46.8 Å². The van der Waals surface area contributed by atoms with E-state index >= 15 is 8.78 Å². The Hall–Kier alpha value is -1.90. The van der Waals surface area contributed by atoms with Crippen molar-refractivity contribution in [3.8, 4) is 5.75 Å². The summed E-state index contributed by atoms with van der Waals surface area (Å²) in [5, 5.41) is 31.8. The van der Waals surface area contributed by atoms with Crippen LogP contribution in [0.2, 0.25) is 0 Å². The molecular formula is C20H30F2N2O8S. The third-order valence-electron chi connectivity index (χ3n) is 5.33. The van der Waals surface area contributed by atoms with Crippen molar-refractivity contribution in [2.75, 3.05) is 13.7 Å². The Kier molecular flexibility index (Phi) is 8.76. The van der Waals surface area contributed by atoms with Gasteiger partial charge in [-0.3, -0.25) is 4.79 Å².